The van der Waals surface area contributed by atoms with E-state index in [1.54, 1.807) is 13.0 Å². The number of carbonyl (C=O) groups excluding carboxylic acids is 4. The molecule has 0 bridgehead atoms. The summed E-state index contributed by atoms with van der Waals surface area (Å²) in [6, 6.07) is 34.2. The van der Waals surface area contributed by atoms with Gasteiger partial charge in [0.25, 0.3) is 11.8 Å². The van der Waals surface area contributed by atoms with Gasteiger partial charge in [0.05, 0.1) is 7.11 Å². The molecule has 0 fully saturated rings. The molecule has 3 atom stereocenters. The molecule has 2 N–H and O–H groups in total. The maximum Gasteiger partial charge on any atom is 0.348 e. The molecular formula is C45H51ClN2O7. The monoisotopic (exact) mass is 766 g/mol. The minimum atomic E-state index is -1.27. The normalized spacial score (nSPS) is 13.2. The minimum absolute atomic E-state index is 0.125. The molecule has 9 nitrogen and oxygen atoms in total. The van der Waals surface area contributed by atoms with Gasteiger partial charge in [0.1, 0.15) is 21.9 Å². The first-order chi connectivity index (χ1) is 26.6. The predicted molar refractivity (Wildman–Crippen MR) is 215 cm³/mol. The Morgan fingerprint density at radius 2 is 1.33 bits per heavy atom. The van der Waals surface area contributed by atoms with Crippen LogP contribution in [0.4, 0.5) is 0 Å². The molecule has 0 radical (unpaired) electrons. The fraction of sp³-hybridized carbons (Fsp3) is 0.333. The Morgan fingerprint density at radius 3 is 1.84 bits per heavy atom. The zero-order chi connectivity index (χ0) is 39.8. The van der Waals surface area contributed by atoms with Crippen molar-refractivity contribution in [2.24, 2.45) is 5.92 Å². The molecule has 0 aliphatic rings. The van der Waals surface area contributed by atoms with Crippen molar-refractivity contribution in [3.63, 3.8) is 0 Å². The van der Waals surface area contributed by atoms with Crippen LogP contribution in [0.5, 0.6) is 5.75 Å². The smallest absolute Gasteiger partial charge is 0.348 e. The maximum absolute atomic E-state index is 13.8. The quantitative estimate of drug-likeness (QED) is 0.0427. The lowest BCUT2D eigenvalue weighted by Gasteiger charge is -2.36. The molecule has 0 spiro atoms. The molecule has 0 saturated carbocycles. The second kappa shape index (κ2) is 20.9. The van der Waals surface area contributed by atoms with E-state index in [1.807, 2.05) is 110 Å². The van der Waals surface area contributed by atoms with Crippen molar-refractivity contribution in [2.45, 2.75) is 77.5 Å². The third-order valence-electron chi connectivity index (χ3n) is 9.57. The van der Waals surface area contributed by atoms with Crippen LogP contribution in [0.15, 0.2) is 120 Å². The van der Waals surface area contributed by atoms with Gasteiger partial charge in [-0.2, -0.15) is 0 Å². The van der Waals surface area contributed by atoms with Crippen LogP contribution >= 0.6 is 11.6 Å². The van der Waals surface area contributed by atoms with Gasteiger partial charge in [-0.05, 0) is 60.6 Å². The number of carbonyl (C=O) groups is 4. The number of halogens is 1. The number of amides is 2. The molecule has 0 saturated heterocycles. The summed E-state index contributed by atoms with van der Waals surface area (Å²) < 4.78 is 16.8. The number of rotatable bonds is 19. The van der Waals surface area contributed by atoms with Crippen LogP contribution in [0, 0.1) is 5.92 Å². The average Bonchev–Trinajstić information content (AvgIpc) is 3.22. The SMILES string of the molecule is CCCCCc1cccc(OC)c1C(=O)O[C@@H](C(=O)O[C@@H](C)C(=O)NC/C=C(/Cl)C(=O)NC(c1ccccc1)(c1ccccc1)c1ccccc1)[C@@H](C)CC. The van der Waals surface area contributed by atoms with Crippen LogP contribution in [0.25, 0.3) is 0 Å². The largest absolute Gasteiger partial charge is 0.496 e. The van der Waals surface area contributed by atoms with Gasteiger partial charge in [0.2, 0.25) is 6.10 Å². The molecule has 10 heteroatoms. The highest BCUT2D eigenvalue weighted by Crippen LogP contribution is 2.37. The Hall–Kier alpha value is -5.41. The molecule has 0 aliphatic carbocycles. The van der Waals surface area contributed by atoms with Gasteiger partial charge in [0.15, 0.2) is 6.10 Å². The van der Waals surface area contributed by atoms with E-state index in [4.69, 9.17) is 25.8 Å². The van der Waals surface area contributed by atoms with E-state index in [1.165, 1.54) is 20.1 Å². The van der Waals surface area contributed by atoms with Gasteiger partial charge in [-0.1, -0.05) is 148 Å². The molecule has 2 amide bonds. The molecule has 0 unspecified atom stereocenters. The van der Waals surface area contributed by atoms with Crippen LogP contribution in [0.1, 0.15) is 86.0 Å². The molecule has 0 aromatic heterocycles. The molecule has 4 aromatic carbocycles. The van der Waals surface area contributed by atoms with Crippen molar-refractivity contribution in [3.8, 4) is 5.75 Å². The van der Waals surface area contributed by atoms with E-state index < -0.39 is 47.4 Å². The number of benzene rings is 4. The van der Waals surface area contributed by atoms with Gasteiger partial charge in [-0.25, -0.2) is 9.59 Å². The Kier molecular flexibility index (Phi) is 16.1. The van der Waals surface area contributed by atoms with E-state index in [0.29, 0.717) is 18.6 Å². The third-order valence-corrected chi connectivity index (χ3v) is 9.90. The van der Waals surface area contributed by atoms with Gasteiger partial charge in [-0.15, -0.1) is 0 Å². The number of ether oxygens (including phenoxy) is 3. The fourth-order valence-electron chi connectivity index (χ4n) is 6.32. The minimum Gasteiger partial charge on any atom is -0.496 e. The highest BCUT2D eigenvalue weighted by molar-refractivity contribution is 6.42. The average molecular weight is 767 g/mol. The molecule has 290 valence electrons. The van der Waals surface area contributed by atoms with Crippen LogP contribution in [0.3, 0.4) is 0 Å². The van der Waals surface area contributed by atoms with Crippen LogP contribution < -0.4 is 15.4 Å². The number of hydrogen-bond acceptors (Lipinski definition) is 7. The summed E-state index contributed by atoms with van der Waals surface area (Å²) in [5.41, 5.74) is 2.43. The Balaban J connectivity index is 1.45. The van der Waals surface area contributed by atoms with E-state index in [-0.39, 0.29) is 17.1 Å². The number of esters is 2. The van der Waals surface area contributed by atoms with E-state index in [0.717, 1.165) is 41.5 Å². The summed E-state index contributed by atoms with van der Waals surface area (Å²) in [6.45, 7) is 7.03. The Bertz CT molecular complexity index is 1800. The summed E-state index contributed by atoms with van der Waals surface area (Å²) >= 11 is 6.56. The Labute approximate surface area is 329 Å². The lowest BCUT2D eigenvalue weighted by Crippen LogP contribution is -2.48. The van der Waals surface area contributed by atoms with Crippen molar-refractivity contribution < 1.29 is 33.4 Å². The topological polar surface area (TPSA) is 120 Å². The zero-order valence-electron chi connectivity index (χ0n) is 32.2. The lowest BCUT2D eigenvalue weighted by molar-refractivity contribution is -0.165. The number of aryl methyl sites for hydroxylation is 1. The third kappa shape index (κ3) is 10.9. The van der Waals surface area contributed by atoms with Crippen LogP contribution in [-0.2, 0) is 35.8 Å². The first kappa shape index (κ1) is 42.3. The van der Waals surface area contributed by atoms with E-state index in [9.17, 15) is 19.2 Å². The number of hydrogen-bond donors (Lipinski definition) is 2. The standard InChI is InChI=1S/C45H51ClN2O7/c1-6-8-12-20-33-21-19-28-38(53-5)39(33)43(51)55-40(31(3)7-2)44(52)54-32(4)41(49)47-30-29-37(46)42(50)48-45(34-22-13-9-14-23-34,35-24-15-10-16-25-35)36-26-17-11-18-27-36/h9-11,13-19,21-29,31-32,40H,6-8,12,20,30H2,1-5H3,(H,47,49)(H,48,50)/b37-29+/t31-,32-,40+/m0/s1. The summed E-state index contributed by atoms with van der Waals surface area (Å²) in [5, 5.41) is 5.67. The molecule has 4 aromatic rings. The van der Waals surface area contributed by atoms with Crippen LogP contribution in [-0.4, -0.2) is 49.6 Å². The summed E-state index contributed by atoms with van der Waals surface area (Å²) in [4.78, 5) is 53.9. The van der Waals surface area contributed by atoms with Gasteiger partial charge in [-0.3, -0.25) is 9.59 Å². The van der Waals surface area contributed by atoms with Crippen molar-refractivity contribution in [3.05, 3.63) is 148 Å². The second-order valence-corrected chi connectivity index (χ2v) is 13.7. The highest BCUT2D eigenvalue weighted by atomic mass is 35.5. The number of methoxy groups -OCH3 is 1. The van der Waals surface area contributed by atoms with E-state index >= 15 is 0 Å². The van der Waals surface area contributed by atoms with Gasteiger partial charge < -0.3 is 24.8 Å². The Morgan fingerprint density at radius 1 is 0.764 bits per heavy atom. The molecule has 4 rings (SSSR count). The molecule has 55 heavy (non-hydrogen) atoms. The van der Waals surface area contributed by atoms with Crippen molar-refractivity contribution in [1.29, 1.82) is 0 Å². The first-order valence-corrected chi connectivity index (χ1v) is 19.1. The molecule has 0 aliphatic heterocycles. The van der Waals surface area contributed by atoms with Crippen LogP contribution in [0.2, 0.25) is 0 Å². The van der Waals surface area contributed by atoms with Crippen molar-refractivity contribution >= 4 is 35.4 Å². The fourth-order valence-corrected chi connectivity index (χ4v) is 6.44. The zero-order valence-corrected chi connectivity index (χ0v) is 32.9. The number of nitrogens with one attached hydrogen (secondary N) is 2. The summed E-state index contributed by atoms with van der Waals surface area (Å²) in [5.74, 6) is -2.78. The predicted octanol–water partition coefficient (Wildman–Crippen LogP) is 8.28. The second-order valence-electron chi connectivity index (χ2n) is 13.3. The van der Waals surface area contributed by atoms with E-state index in [2.05, 4.69) is 17.6 Å². The summed E-state index contributed by atoms with van der Waals surface area (Å²) in [7, 11) is 1.48. The highest BCUT2D eigenvalue weighted by Gasteiger charge is 2.38. The lowest BCUT2D eigenvalue weighted by atomic mass is 9.77. The molecule has 0 heterocycles. The van der Waals surface area contributed by atoms with Crippen molar-refractivity contribution in [2.75, 3.05) is 13.7 Å². The van der Waals surface area contributed by atoms with Gasteiger partial charge in [0, 0.05) is 12.5 Å². The first-order valence-electron chi connectivity index (χ1n) is 18.8. The molecular weight excluding hydrogens is 716 g/mol. The number of unbranched alkanes of at least 4 members (excludes halogenated alkanes) is 2. The maximum atomic E-state index is 13.8. The summed E-state index contributed by atoms with van der Waals surface area (Å²) in [6.07, 6.45) is 2.94. The van der Waals surface area contributed by atoms with Crippen molar-refractivity contribution in [1.82, 2.24) is 10.6 Å². The van der Waals surface area contributed by atoms with Gasteiger partial charge >= 0.3 is 11.9 Å².